The molecule has 0 amide bonds. The van der Waals surface area contributed by atoms with Crippen molar-refractivity contribution < 1.29 is 8.42 Å². The highest BCUT2D eigenvalue weighted by molar-refractivity contribution is 7.91. The maximum absolute atomic E-state index is 11.8. The number of sulfonamides is 1. The van der Waals surface area contributed by atoms with Crippen LogP contribution in [0.5, 0.6) is 0 Å². The molecule has 1 heterocycles. The van der Waals surface area contributed by atoms with Crippen LogP contribution in [0.4, 0.5) is 0 Å². The molecule has 1 aliphatic carbocycles. The molecule has 4 nitrogen and oxygen atoms in total. The molecule has 0 unspecified atom stereocenters. The minimum Gasteiger partial charge on any atom is -0.229 e. The molecule has 0 radical (unpaired) electrons. The minimum absolute atomic E-state index is 0.230. The monoisotopic (exact) mass is 266 g/mol. The Labute approximate surface area is 97.7 Å². The number of hydrogen-bond donors (Lipinski definition) is 1. The average molecular weight is 267 g/mol. The summed E-state index contributed by atoms with van der Waals surface area (Å²) in [4.78, 5) is 3.88. The summed E-state index contributed by atoms with van der Waals surface area (Å²) in [5.74, 6) is 0.517. The van der Waals surface area contributed by atoms with Crippen molar-refractivity contribution in [2.45, 2.75) is 24.0 Å². The van der Waals surface area contributed by atoms with Gasteiger partial charge in [-0.05, 0) is 25.7 Å². The first kappa shape index (κ1) is 11.3. The lowest BCUT2D eigenvalue weighted by Crippen LogP contribution is -2.25. The zero-order valence-corrected chi connectivity index (χ0v) is 10.5. The van der Waals surface area contributed by atoms with Gasteiger partial charge in [0.2, 0.25) is 0 Å². The molecule has 1 aromatic heterocycles. The summed E-state index contributed by atoms with van der Waals surface area (Å²) >= 11 is 6.66. The third kappa shape index (κ3) is 2.69. The number of halogens is 1. The number of hydrogen-bond acceptors (Lipinski definition) is 4. The highest BCUT2D eigenvalue weighted by Crippen LogP contribution is 2.30. The lowest BCUT2D eigenvalue weighted by molar-refractivity contribution is 0.579. The second-order valence-electron chi connectivity index (χ2n) is 3.63. The van der Waals surface area contributed by atoms with Crippen molar-refractivity contribution in [1.82, 2.24) is 9.71 Å². The Kier molecular flexibility index (Phi) is 3.03. The summed E-state index contributed by atoms with van der Waals surface area (Å²) in [5, 5.41) is 0. The second-order valence-corrected chi connectivity index (χ2v) is 7.18. The first-order valence-corrected chi connectivity index (χ1v) is 7.29. The SMILES string of the molecule is Cc1nc(Cl)sc1S(=O)(=O)NCC1CC1. The van der Waals surface area contributed by atoms with Crippen molar-refractivity contribution in [1.29, 1.82) is 0 Å². The molecule has 1 aromatic rings. The van der Waals surface area contributed by atoms with Crippen molar-refractivity contribution in [2.75, 3.05) is 6.54 Å². The Balaban J connectivity index is 2.16. The Hall–Kier alpha value is -0.170. The number of aryl methyl sites for hydroxylation is 1. The third-order valence-corrected chi connectivity index (χ3v) is 5.53. The predicted octanol–water partition coefficient (Wildman–Crippen LogP) is 1.79. The van der Waals surface area contributed by atoms with Crippen LogP contribution in [0.3, 0.4) is 0 Å². The molecule has 1 aliphatic rings. The largest absolute Gasteiger partial charge is 0.251 e. The zero-order valence-electron chi connectivity index (χ0n) is 8.16. The Morgan fingerprint density at radius 3 is 2.73 bits per heavy atom. The minimum atomic E-state index is -3.40. The maximum Gasteiger partial charge on any atom is 0.251 e. The molecule has 0 atom stereocenters. The third-order valence-electron chi connectivity index (χ3n) is 2.23. The Morgan fingerprint density at radius 2 is 2.27 bits per heavy atom. The van der Waals surface area contributed by atoms with Crippen molar-refractivity contribution in [3.63, 3.8) is 0 Å². The molecular weight excluding hydrogens is 256 g/mol. The van der Waals surface area contributed by atoms with E-state index in [1.807, 2.05) is 0 Å². The fourth-order valence-electron chi connectivity index (χ4n) is 1.22. The van der Waals surface area contributed by atoms with E-state index in [9.17, 15) is 8.42 Å². The van der Waals surface area contributed by atoms with Crippen molar-refractivity contribution >= 4 is 33.0 Å². The lowest BCUT2D eigenvalue weighted by atomic mass is 10.4. The second kappa shape index (κ2) is 4.01. The van der Waals surface area contributed by atoms with Crippen LogP contribution in [0.1, 0.15) is 18.5 Å². The number of thiazole rings is 1. The molecule has 84 valence electrons. The van der Waals surface area contributed by atoms with Crippen LogP contribution in [-0.4, -0.2) is 19.9 Å². The first-order valence-electron chi connectivity index (χ1n) is 4.61. The smallest absolute Gasteiger partial charge is 0.229 e. The molecule has 7 heteroatoms. The highest BCUT2D eigenvalue weighted by atomic mass is 35.5. The van der Waals surface area contributed by atoms with Gasteiger partial charge in [-0.25, -0.2) is 18.1 Å². The number of aromatic nitrogens is 1. The van der Waals surface area contributed by atoms with Crippen LogP contribution in [0.15, 0.2) is 4.21 Å². The molecule has 1 fully saturated rings. The standard InChI is InChI=1S/C8H11ClN2O2S2/c1-5-7(14-8(9)11-5)15(12,13)10-4-6-2-3-6/h6,10H,2-4H2,1H3. The van der Waals surface area contributed by atoms with E-state index in [1.54, 1.807) is 6.92 Å². The van der Waals surface area contributed by atoms with E-state index in [4.69, 9.17) is 11.6 Å². The van der Waals surface area contributed by atoms with E-state index < -0.39 is 10.0 Å². The van der Waals surface area contributed by atoms with Gasteiger partial charge in [0.25, 0.3) is 10.0 Å². The van der Waals surface area contributed by atoms with Crippen molar-refractivity contribution in [3.05, 3.63) is 10.2 Å². The van der Waals surface area contributed by atoms with Crippen molar-refractivity contribution in [3.8, 4) is 0 Å². The van der Waals surface area contributed by atoms with Gasteiger partial charge in [0, 0.05) is 6.54 Å². The van der Waals surface area contributed by atoms with Crippen LogP contribution >= 0.6 is 22.9 Å². The van der Waals surface area contributed by atoms with Gasteiger partial charge in [-0.15, -0.1) is 0 Å². The molecule has 1 N–H and O–H groups in total. The van der Waals surface area contributed by atoms with Crippen LogP contribution < -0.4 is 4.72 Å². The number of rotatable bonds is 4. The normalized spacial score (nSPS) is 16.9. The van der Waals surface area contributed by atoms with Gasteiger partial charge in [0.15, 0.2) is 8.68 Å². The Bertz CT molecular complexity index is 465. The molecule has 0 saturated heterocycles. The fraction of sp³-hybridized carbons (Fsp3) is 0.625. The molecule has 1 saturated carbocycles. The fourth-order valence-corrected chi connectivity index (χ4v) is 4.11. The van der Waals surface area contributed by atoms with E-state index in [1.165, 1.54) is 0 Å². The van der Waals surface area contributed by atoms with Gasteiger partial charge >= 0.3 is 0 Å². The highest BCUT2D eigenvalue weighted by Gasteiger charge is 2.26. The Morgan fingerprint density at radius 1 is 1.60 bits per heavy atom. The summed E-state index contributed by atoms with van der Waals surface area (Å²) < 4.78 is 26.7. The molecule has 0 aliphatic heterocycles. The van der Waals surface area contributed by atoms with E-state index in [0.29, 0.717) is 18.2 Å². The van der Waals surface area contributed by atoms with Gasteiger partial charge in [-0.3, -0.25) is 0 Å². The molecule has 0 spiro atoms. The summed E-state index contributed by atoms with van der Waals surface area (Å²) in [5.41, 5.74) is 0.466. The van der Waals surface area contributed by atoms with E-state index in [2.05, 4.69) is 9.71 Å². The van der Waals surface area contributed by atoms with Gasteiger partial charge in [-0.1, -0.05) is 22.9 Å². The maximum atomic E-state index is 11.8. The van der Waals surface area contributed by atoms with Crippen LogP contribution in [0.2, 0.25) is 4.47 Å². The van der Waals surface area contributed by atoms with E-state index in [0.717, 1.165) is 24.2 Å². The van der Waals surface area contributed by atoms with E-state index in [-0.39, 0.29) is 8.68 Å². The van der Waals surface area contributed by atoms with Gasteiger partial charge in [0.05, 0.1) is 5.69 Å². The topological polar surface area (TPSA) is 59.1 Å². The summed E-state index contributed by atoms with van der Waals surface area (Å²) in [7, 11) is -3.40. The lowest BCUT2D eigenvalue weighted by Gasteiger charge is -2.03. The first-order chi connectivity index (χ1) is 6.99. The molecule has 2 rings (SSSR count). The van der Waals surface area contributed by atoms with Gasteiger partial charge in [0.1, 0.15) is 0 Å². The number of nitrogens with one attached hydrogen (secondary N) is 1. The molecule has 0 aromatic carbocycles. The van der Waals surface area contributed by atoms with Crippen LogP contribution in [0, 0.1) is 12.8 Å². The van der Waals surface area contributed by atoms with Gasteiger partial charge < -0.3 is 0 Å². The predicted molar refractivity (Wildman–Crippen MR) is 59.8 cm³/mol. The quantitative estimate of drug-likeness (QED) is 0.904. The molecule has 0 bridgehead atoms. The zero-order chi connectivity index (χ0) is 11.1. The van der Waals surface area contributed by atoms with Gasteiger partial charge in [-0.2, -0.15) is 0 Å². The van der Waals surface area contributed by atoms with Crippen LogP contribution in [0.25, 0.3) is 0 Å². The van der Waals surface area contributed by atoms with Crippen LogP contribution in [-0.2, 0) is 10.0 Å². The summed E-state index contributed by atoms with van der Waals surface area (Å²) in [6.07, 6.45) is 2.23. The summed E-state index contributed by atoms with van der Waals surface area (Å²) in [6, 6.07) is 0. The average Bonchev–Trinajstić information content (AvgIpc) is 2.89. The van der Waals surface area contributed by atoms with E-state index >= 15 is 0 Å². The summed E-state index contributed by atoms with van der Waals surface area (Å²) in [6.45, 7) is 2.17. The number of nitrogens with zero attached hydrogens (tertiary/aromatic N) is 1. The molecular formula is C8H11ClN2O2S2. The molecule has 15 heavy (non-hydrogen) atoms. The van der Waals surface area contributed by atoms with Crippen molar-refractivity contribution in [2.24, 2.45) is 5.92 Å².